The number of imidazole rings is 1. The molecule has 0 spiro atoms. The Labute approximate surface area is 238 Å². The first-order valence-corrected chi connectivity index (χ1v) is 13.2. The third-order valence-electron chi connectivity index (χ3n) is 5.91. The number of hydrogen-bond acceptors (Lipinski definition) is 8. The normalized spacial score (nSPS) is 12.4. The van der Waals surface area contributed by atoms with Crippen molar-refractivity contribution in [3.8, 4) is 0 Å². The molecule has 13 heteroatoms. The summed E-state index contributed by atoms with van der Waals surface area (Å²) in [5.41, 5.74) is 1.64. The number of aromatic nitrogens is 5. The number of allylic oxidation sites excluding steroid dienone is 1. The topological polar surface area (TPSA) is 155 Å². The number of carbonyl (C=O) groups is 3. The van der Waals surface area contributed by atoms with Gasteiger partial charge in [-0.05, 0) is 42.9 Å². The number of H-pyrrole nitrogens is 1. The second-order valence-electron chi connectivity index (χ2n) is 11.3. The number of rotatable bonds is 10. The van der Waals surface area contributed by atoms with E-state index in [1.54, 1.807) is 32.4 Å². The van der Waals surface area contributed by atoms with Gasteiger partial charge in [-0.1, -0.05) is 26.8 Å². The van der Waals surface area contributed by atoms with E-state index in [0.717, 1.165) is 17.6 Å². The number of amides is 3. The number of likely N-dealkylation sites (N-methyl/N-ethyl adjacent to an activating group) is 1. The molecule has 0 aliphatic rings. The summed E-state index contributed by atoms with van der Waals surface area (Å²) in [6.45, 7) is 6.46. The summed E-state index contributed by atoms with van der Waals surface area (Å²) in [6, 6.07) is 3.10. The summed E-state index contributed by atoms with van der Waals surface area (Å²) in [7, 11) is 6.25. The molecule has 3 heterocycles. The lowest BCUT2D eigenvalue weighted by Gasteiger charge is -2.19. The molecule has 0 bridgehead atoms. The molecule has 0 aliphatic heterocycles. The molecular weight excluding hydrogens is 528 g/mol. The molecule has 3 aromatic rings. The molecule has 0 saturated carbocycles. The predicted octanol–water partition coefficient (Wildman–Crippen LogP) is 2.58. The van der Waals surface area contributed by atoms with Crippen molar-refractivity contribution in [3.05, 3.63) is 58.7 Å². The third-order valence-corrected chi connectivity index (χ3v) is 5.91. The standard InChI is InChI=1S/C28H38N8O5/c1-28(2,3)15-19-23-24(30-17-29-19)33-21(32-23)16-36-14-10-11-18(26(36)39)31-25(38)20(41-27(40)35(6)7)12-8-9-13-22(37)34(4)5/h9-11,13-14,17,20H,8,12,15-16H2,1-7H3,(H,31,38)(H,29,30,32,33)/b13-9+/t20-/m0/s1. The van der Waals surface area contributed by atoms with Crippen LogP contribution < -0.4 is 10.9 Å². The highest BCUT2D eigenvalue weighted by Crippen LogP contribution is 2.23. The van der Waals surface area contributed by atoms with E-state index in [4.69, 9.17) is 4.74 Å². The number of ether oxygens (including phenoxy) is 1. The first kappa shape index (κ1) is 31.0. The van der Waals surface area contributed by atoms with Crippen LogP contribution in [0.25, 0.3) is 11.2 Å². The zero-order chi connectivity index (χ0) is 30.3. The Bertz CT molecular complexity index is 1480. The molecule has 41 heavy (non-hydrogen) atoms. The molecule has 3 aromatic heterocycles. The van der Waals surface area contributed by atoms with Crippen LogP contribution in [0.5, 0.6) is 0 Å². The smallest absolute Gasteiger partial charge is 0.410 e. The molecular formula is C28H38N8O5. The summed E-state index contributed by atoms with van der Waals surface area (Å²) in [5, 5.41) is 2.59. The molecule has 0 aliphatic carbocycles. The molecule has 0 fully saturated rings. The van der Waals surface area contributed by atoms with Gasteiger partial charge in [-0.15, -0.1) is 0 Å². The molecule has 2 N–H and O–H groups in total. The van der Waals surface area contributed by atoms with Gasteiger partial charge >= 0.3 is 6.09 Å². The van der Waals surface area contributed by atoms with E-state index in [-0.39, 0.29) is 30.0 Å². The minimum Gasteiger partial charge on any atom is -0.436 e. The lowest BCUT2D eigenvalue weighted by Crippen LogP contribution is -2.37. The zero-order valence-corrected chi connectivity index (χ0v) is 24.6. The van der Waals surface area contributed by atoms with Crippen molar-refractivity contribution in [1.29, 1.82) is 0 Å². The summed E-state index contributed by atoms with van der Waals surface area (Å²) >= 11 is 0. The van der Waals surface area contributed by atoms with Crippen LogP contribution in [0.4, 0.5) is 10.5 Å². The molecule has 0 saturated heterocycles. The first-order chi connectivity index (χ1) is 19.2. The number of anilines is 1. The quantitative estimate of drug-likeness (QED) is 0.355. The first-order valence-electron chi connectivity index (χ1n) is 13.2. The van der Waals surface area contributed by atoms with Gasteiger partial charge in [-0.2, -0.15) is 0 Å². The highest BCUT2D eigenvalue weighted by atomic mass is 16.6. The van der Waals surface area contributed by atoms with Crippen LogP contribution in [0.1, 0.15) is 45.1 Å². The predicted molar refractivity (Wildman–Crippen MR) is 154 cm³/mol. The Morgan fingerprint density at radius 2 is 1.88 bits per heavy atom. The fourth-order valence-corrected chi connectivity index (χ4v) is 3.82. The van der Waals surface area contributed by atoms with Gasteiger partial charge in [0.05, 0.1) is 12.2 Å². The van der Waals surface area contributed by atoms with Crippen LogP contribution in [0.15, 0.2) is 41.6 Å². The number of aromatic amines is 1. The number of pyridine rings is 1. The van der Waals surface area contributed by atoms with Crippen molar-refractivity contribution in [3.63, 3.8) is 0 Å². The Hall–Kier alpha value is -4.55. The molecule has 220 valence electrons. The molecule has 3 amide bonds. The van der Waals surface area contributed by atoms with Crippen LogP contribution in [-0.2, 0) is 27.3 Å². The number of carbonyl (C=O) groups excluding carboxylic acids is 3. The van der Waals surface area contributed by atoms with E-state index in [0.29, 0.717) is 17.9 Å². The minimum absolute atomic E-state index is 0.00863. The van der Waals surface area contributed by atoms with Gasteiger partial charge in [0.25, 0.3) is 11.5 Å². The zero-order valence-electron chi connectivity index (χ0n) is 24.6. The maximum absolute atomic E-state index is 13.2. The van der Waals surface area contributed by atoms with Crippen molar-refractivity contribution >= 4 is 34.8 Å². The van der Waals surface area contributed by atoms with E-state index < -0.39 is 23.7 Å². The van der Waals surface area contributed by atoms with Gasteiger partial charge in [-0.25, -0.2) is 19.7 Å². The van der Waals surface area contributed by atoms with Crippen LogP contribution in [0.3, 0.4) is 0 Å². The summed E-state index contributed by atoms with van der Waals surface area (Å²) < 4.78 is 6.76. The Morgan fingerprint density at radius 1 is 1.15 bits per heavy atom. The fourth-order valence-electron chi connectivity index (χ4n) is 3.82. The van der Waals surface area contributed by atoms with Crippen LogP contribution in [0.2, 0.25) is 0 Å². The Morgan fingerprint density at radius 3 is 2.54 bits per heavy atom. The van der Waals surface area contributed by atoms with E-state index in [1.807, 2.05) is 0 Å². The second-order valence-corrected chi connectivity index (χ2v) is 11.3. The SMILES string of the molecule is CN(C)C(=O)/C=C/CC[C@H](OC(=O)N(C)C)C(=O)Nc1cccn(Cc2nc3ncnc(CC(C)(C)C)c3[nH]2)c1=O. The molecule has 1 atom stereocenters. The lowest BCUT2D eigenvalue weighted by molar-refractivity contribution is -0.125. The number of fused-ring (bicyclic) bond motifs is 1. The van der Waals surface area contributed by atoms with Crippen molar-refractivity contribution < 1.29 is 19.1 Å². The van der Waals surface area contributed by atoms with E-state index in [9.17, 15) is 19.2 Å². The highest BCUT2D eigenvalue weighted by molar-refractivity contribution is 5.95. The summed E-state index contributed by atoms with van der Waals surface area (Å²) in [5.74, 6) is -0.352. The largest absolute Gasteiger partial charge is 0.436 e. The van der Waals surface area contributed by atoms with Crippen LogP contribution >= 0.6 is 0 Å². The van der Waals surface area contributed by atoms with Gasteiger partial charge in [-0.3, -0.25) is 14.4 Å². The molecule has 13 nitrogen and oxygen atoms in total. The molecule has 3 rings (SSSR count). The maximum Gasteiger partial charge on any atom is 0.410 e. The number of hydrogen-bond donors (Lipinski definition) is 2. The lowest BCUT2D eigenvalue weighted by atomic mass is 9.90. The average Bonchev–Trinajstić information content (AvgIpc) is 3.30. The van der Waals surface area contributed by atoms with Crippen LogP contribution in [-0.4, -0.2) is 86.5 Å². The summed E-state index contributed by atoms with van der Waals surface area (Å²) in [4.78, 5) is 69.3. The van der Waals surface area contributed by atoms with Gasteiger partial charge in [0.15, 0.2) is 11.8 Å². The van der Waals surface area contributed by atoms with Crippen molar-refractivity contribution in [2.24, 2.45) is 5.41 Å². The van der Waals surface area contributed by atoms with Crippen molar-refractivity contribution in [1.82, 2.24) is 34.3 Å². The number of nitrogens with one attached hydrogen (secondary N) is 2. The van der Waals surface area contributed by atoms with Crippen molar-refractivity contribution in [2.75, 3.05) is 33.5 Å². The molecule has 0 radical (unpaired) electrons. The molecule has 0 unspecified atom stereocenters. The maximum atomic E-state index is 13.2. The average molecular weight is 567 g/mol. The fraction of sp³-hybridized carbons (Fsp3) is 0.464. The Balaban J connectivity index is 1.78. The van der Waals surface area contributed by atoms with Crippen LogP contribution in [0, 0.1) is 5.41 Å². The van der Waals surface area contributed by atoms with Gasteiger partial charge in [0.2, 0.25) is 5.91 Å². The highest BCUT2D eigenvalue weighted by Gasteiger charge is 2.24. The Kier molecular flexibility index (Phi) is 9.98. The molecule has 0 aromatic carbocycles. The monoisotopic (exact) mass is 566 g/mol. The van der Waals surface area contributed by atoms with Gasteiger partial charge in [0, 0.05) is 34.4 Å². The van der Waals surface area contributed by atoms with Gasteiger partial charge < -0.3 is 29.4 Å². The summed E-state index contributed by atoms with van der Waals surface area (Å²) in [6.07, 6.45) is 5.28. The van der Waals surface area contributed by atoms with E-state index in [1.165, 1.54) is 46.9 Å². The third kappa shape index (κ3) is 8.72. The van der Waals surface area contributed by atoms with E-state index in [2.05, 4.69) is 46.0 Å². The van der Waals surface area contributed by atoms with Gasteiger partial charge in [0.1, 0.15) is 23.4 Å². The number of nitrogens with zero attached hydrogens (tertiary/aromatic N) is 6. The van der Waals surface area contributed by atoms with Crippen molar-refractivity contribution in [2.45, 2.75) is 52.7 Å². The van der Waals surface area contributed by atoms with E-state index >= 15 is 0 Å². The minimum atomic E-state index is -1.19. The second kappa shape index (κ2) is 13.2.